The summed E-state index contributed by atoms with van der Waals surface area (Å²) in [6, 6.07) is 5.58. The maximum Gasteiger partial charge on any atom is 0.257 e. The van der Waals surface area contributed by atoms with Crippen molar-refractivity contribution >= 4 is 5.91 Å². The number of aromatic nitrogens is 9. The van der Waals surface area contributed by atoms with E-state index in [4.69, 9.17) is 0 Å². The summed E-state index contributed by atoms with van der Waals surface area (Å²) in [4.78, 5) is 17.3. The minimum atomic E-state index is -0.248. The van der Waals surface area contributed by atoms with Gasteiger partial charge in [-0.15, -0.1) is 5.10 Å². The topological polar surface area (TPSA) is 132 Å². The Labute approximate surface area is 158 Å². The molecular weight excluding hydrogens is 360 g/mol. The summed E-state index contributed by atoms with van der Waals surface area (Å²) in [7, 11) is 0. The second kappa shape index (κ2) is 6.68. The summed E-state index contributed by atoms with van der Waals surface area (Å²) in [6.07, 6.45) is 9.09. The van der Waals surface area contributed by atoms with Gasteiger partial charge in [0.25, 0.3) is 5.91 Å². The minimum Gasteiger partial charge on any atom is -0.345 e. The molecular formula is C17H16N10O. The van der Waals surface area contributed by atoms with Crippen LogP contribution < -0.4 is 5.32 Å². The molecule has 0 bridgehead atoms. The number of H-pyrrole nitrogens is 1. The van der Waals surface area contributed by atoms with Gasteiger partial charge in [0.1, 0.15) is 11.9 Å². The molecule has 1 atom stereocenters. The molecule has 0 saturated heterocycles. The molecule has 140 valence electrons. The van der Waals surface area contributed by atoms with Crippen LogP contribution in [0.4, 0.5) is 0 Å². The predicted octanol–water partition coefficient (Wildman–Crippen LogP) is 0.773. The highest BCUT2D eigenvalue weighted by atomic mass is 16.1. The molecule has 1 amide bonds. The van der Waals surface area contributed by atoms with Crippen molar-refractivity contribution in [3.8, 4) is 11.6 Å². The zero-order chi connectivity index (χ0) is 18.9. The summed E-state index contributed by atoms with van der Waals surface area (Å²) in [6.45, 7) is 0. The van der Waals surface area contributed by atoms with E-state index < -0.39 is 0 Å². The second-order valence-corrected chi connectivity index (χ2v) is 6.45. The lowest BCUT2D eigenvalue weighted by Gasteiger charge is -2.24. The highest BCUT2D eigenvalue weighted by Gasteiger charge is 2.28. The van der Waals surface area contributed by atoms with Gasteiger partial charge < -0.3 is 5.32 Å². The Bertz CT molecular complexity index is 1100. The zero-order valence-corrected chi connectivity index (χ0v) is 14.7. The van der Waals surface area contributed by atoms with E-state index in [0.29, 0.717) is 11.4 Å². The van der Waals surface area contributed by atoms with Crippen molar-refractivity contribution < 1.29 is 4.79 Å². The van der Waals surface area contributed by atoms with Crippen LogP contribution in [-0.4, -0.2) is 51.1 Å². The van der Waals surface area contributed by atoms with Crippen LogP contribution in [-0.2, 0) is 6.42 Å². The maximum absolute atomic E-state index is 12.9. The van der Waals surface area contributed by atoms with Gasteiger partial charge in [0.05, 0.1) is 24.1 Å². The van der Waals surface area contributed by atoms with Gasteiger partial charge in [-0.2, -0.15) is 14.9 Å². The third kappa shape index (κ3) is 2.73. The number of fused-ring (bicyclic) bond motifs is 1. The van der Waals surface area contributed by atoms with Crippen molar-refractivity contribution in [2.24, 2.45) is 0 Å². The lowest BCUT2D eigenvalue weighted by molar-refractivity contribution is 0.0932. The zero-order valence-electron chi connectivity index (χ0n) is 14.7. The smallest absolute Gasteiger partial charge is 0.257 e. The van der Waals surface area contributed by atoms with E-state index in [-0.39, 0.29) is 11.9 Å². The van der Waals surface area contributed by atoms with E-state index in [1.165, 1.54) is 17.2 Å². The van der Waals surface area contributed by atoms with Crippen LogP contribution >= 0.6 is 0 Å². The van der Waals surface area contributed by atoms with E-state index in [1.807, 2.05) is 29.1 Å². The highest BCUT2D eigenvalue weighted by Crippen LogP contribution is 2.31. The van der Waals surface area contributed by atoms with Crippen molar-refractivity contribution in [2.45, 2.75) is 25.3 Å². The average molecular weight is 376 g/mol. The second-order valence-electron chi connectivity index (χ2n) is 6.45. The average Bonchev–Trinajstić information content (AvgIpc) is 3.48. The Hall–Kier alpha value is -3.89. The highest BCUT2D eigenvalue weighted by molar-refractivity contribution is 5.97. The van der Waals surface area contributed by atoms with E-state index in [1.54, 1.807) is 6.20 Å². The lowest BCUT2D eigenvalue weighted by Crippen LogP contribution is -2.31. The summed E-state index contributed by atoms with van der Waals surface area (Å²) in [5.74, 6) is 0.942. The quantitative estimate of drug-likeness (QED) is 0.538. The van der Waals surface area contributed by atoms with Gasteiger partial charge in [0.15, 0.2) is 11.6 Å². The molecule has 1 unspecified atom stereocenters. The Morgan fingerprint density at radius 2 is 2.25 bits per heavy atom. The number of carbonyl (C=O) groups excluding carboxylic acids is 1. The molecule has 4 aromatic heterocycles. The predicted molar refractivity (Wildman–Crippen MR) is 95.8 cm³/mol. The molecule has 1 aliphatic carbocycles. The van der Waals surface area contributed by atoms with Crippen molar-refractivity contribution in [1.82, 2.24) is 50.5 Å². The van der Waals surface area contributed by atoms with Crippen LogP contribution in [0, 0.1) is 0 Å². The van der Waals surface area contributed by atoms with E-state index in [2.05, 4.69) is 41.1 Å². The Morgan fingerprint density at radius 3 is 3.07 bits per heavy atom. The van der Waals surface area contributed by atoms with Gasteiger partial charge in [-0.05, 0) is 41.8 Å². The Kier molecular flexibility index (Phi) is 3.89. The molecule has 5 rings (SSSR count). The number of aromatic amines is 1. The van der Waals surface area contributed by atoms with Gasteiger partial charge in [-0.3, -0.25) is 9.89 Å². The molecule has 11 heteroatoms. The van der Waals surface area contributed by atoms with Crippen molar-refractivity contribution in [2.75, 3.05) is 0 Å². The minimum absolute atomic E-state index is 0.134. The number of hydrogen-bond donors (Lipinski definition) is 2. The van der Waals surface area contributed by atoms with Gasteiger partial charge in [-0.1, -0.05) is 6.07 Å². The number of tetrazole rings is 1. The Balaban J connectivity index is 1.42. The van der Waals surface area contributed by atoms with Gasteiger partial charge >= 0.3 is 0 Å². The Morgan fingerprint density at radius 1 is 1.29 bits per heavy atom. The summed E-state index contributed by atoms with van der Waals surface area (Å²) in [5.41, 5.74) is 2.46. The molecule has 4 aromatic rings. The normalized spacial score (nSPS) is 15.9. The first-order valence-electron chi connectivity index (χ1n) is 8.87. The maximum atomic E-state index is 12.9. The molecule has 0 radical (unpaired) electrons. The van der Waals surface area contributed by atoms with Crippen LogP contribution in [0.2, 0.25) is 0 Å². The fourth-order valence-corrected chi connectivity index (χ4v) is 3.50. The largest absolute Gasteiger partial charge is 0.345 e. The summed E-state index contributed by atoms with van der Waals surface area (Å²) in [5, 5.41) is 25.3. The van der Waals surface area contributed by atoms with Crippen molar-refractivity contribution in [3.63, 3.8) is 0 Å². The summed E-state index contributed by atoms with van der Waals surface area (Å²) < 4.78 is 3.21. The van der Waals surface area contributed by atoms with Crippen LogP contribution in [0.25, 0.3) is 11.6 Å². The molecule has 28 heavy (non-hydrogen) atoms. The number of rotatable bonds is 4. The van der Waals surface area contributed by atoms with Crippen LogP contribution in [0.3, 0.4) is 0 Å². The number of pyridine rings is 1. The third-order valence-corrected chi connectivity index (χ3v) is 4.80. The first-order chi connectivity index (χ1) is 13.8. The fraction of sp³-hybridized carbons (Fsp3) is 0.235. The van der Waals surface area contributed by atoms with E-state index in [0.717, 1.165) is 36.3 Å². The van der Waals surface area contributed by atoms with Gasteiger partial charge in [0, 0.05) is 11.8 Å². The standard InChI is InChI=1S/C17H16N10O/c28-17(12-8-19-23-16(12)26-10-20-24-25-26)22-13-4-3-5-14-11(13)9-21-27(14)15-6-1-2-7-18-15/h1-2,6-10,13H,3-5H2,(H,19,23)(H,22,28). The van der Waals surface area contributed by atoms with E-state index >= 15 is 0 Å². The monoisotopic (exact) mass is 376 g/mol. The van der Waals surface area contributed by atoms with Crippen LogP contribution in [0.15, 0.2) is 43.1 Å². The molecule has 11 nitrogen and oxygen atoms in total. The molecule has 0 spiro atoms. The number of nitrogens with zero attached hydrogens (tertiary/aromatic N) is 8. The van der Waals surface area contributed by atoms with Crippen molar-refractivity contribution in [1.29, 1.82) is 0 Å². The number of nitrogens with one attached hydrogen (secondary N) is 2. The van der Waals surface area contributed by atoms with Crippen molar-refractivity contribution in [3.05, 3.63) is 59.9 Å². The van der Waals surface area contributed by atoms with E-state index in [9.17, 15) is 4.79 Å². The first-order valence-corrected chi connectivity index (χ1v) is 8.87. The number of hydrogen-bond acceptors (Lipinski definition) is 7. The molecule has 1 aliphatic rings. The molecule has 4 heterocycles. The van der Waals surface area contributed by atoms with Gasteiger partial charge in [0.2, 0.25) is 0 Å². The van der Waals surface area contributed by atoms with Crippen LogP contribution in [0.1, 0.15) is 40.5 Å². The van der Waals surface area contributed by atoms with Crippen LogP contribution in [0.5, 0.6) is 0 Å². The molecule has 2 N–H and O–H groups in total. The molecule has 0 saturated carbocycles. The van der Waals surface area contributed by atoms with Gasteiger partial charge in [-0.25, -0.2) is 9.67 Å². The fourth-order valence-electron chi connectivity index (χ4n) is 3.50. The lowest BCUT2D eigenvalue weighted by atomic mass is 9.92. The summed E-state index contributed by atoms with van der Waals surface area (Å²) >= 11 is 0. The molecule has 0 aromatic carbocycles. The SMILES string of the molecule is O=C(NC1CCCc2c1cnn2-c1ccccn1)c1cn[nH]c1-n1cnnn1. The molecule has 0 fully saturated rings. The number of carbonyl (C=O) groups is 1. The molecule has 0 aliphatic heterocycles. The number of amides is 1. The third-order valence-electron chi connectivity index (χ3n) is 4.80. The first kappa shape index (κ1) is 16.3.